The van der Waals surface area contributed by atoms with E-state index in [0.717, 1.165) is 43.0 Å². The number of thiophene rings is 1. The van der Waals surface area contributed by atoms with Crippen LogP contribution >= 0.6 is 11.3 Å². The van der Waals surface area contributed by atoms with E-state index in [0.29, 0.717) is 6.42 Å². The Morgan fingerprint density at radius 3 is 2.52 bits per heavy atom. The van der Waals surface area contributed by atoms with E-state index in [2.05, 4.69) is 15.5 Å². The fraction of sp³-hybridized carbons (Fsp3) is 0.368. The maximum atomic E-state index is 12.1. The van der Waals surface area contributed by atoms with Gasteiger partial charge in [0, 0.05) is 37.8 Å². The summed E-state index contributed by atoms with van der Waals surface area (Å²) in [6.07, 6.45) is 2.34. The lowest BCUT2D eigenvalue weighted by Crippen LogP contribution is -2.45. The molecule has 2 amide bonds. The monoisotopic (exact) mass is 357 g/mol. The summed E-state index contributed by atoms with van der Waals surface area (Å²) < 4.78 is 0. The van der Waals surface area contributed by atoms with Crippen molar-refractivity contribution in [2.75, 3.05) is 25.0 Å². The van der Waals surface area contributed by atoms with Crippen molar-refractivity contribution in [3.05, 3.63) is 52.7 Å². The van der Waals surface area contributed by atoms with E-state index in [1.807, 2.05) is 47.8 Å². The van der Waals surface area contributed by atoms with Crippen LogP contribution in [0.2, 0.25) is 0 Å². The van der Waals surface area contributed by atoms with Crippen molar-refractivity contribution in [3.63, 3.8) is 0 Å². The zero-order valence-electron chi connectivity index (χ0n) is 14.1. The van der Waals surface area contributed by atoms with Crippen molar-refractivity contribution >= 4 is 28.8 Å². The van der Waals surface area contributed by atoms with E-state index in [4.69, 9.17) is 0 Å². The van der Waals surface area contributed by atoms with Gasteiger partial charge in [-0.2, -0.15) is 0 Å². The van der Waals surface area contributed by atoms with Crippen LogP contribution in [-0.4, -0.2) is 42.4 Å². The minimum Gasteiger partial charge on any atom is -0.349 e. The maximum absolute atomic E-state index is 12.1. The third kappa shape index (κ3) is 5.41. The molecule has 5 nitrogen and oxygen atoms in total. The van der Waals surface area contributed by atoms with Crippen molar-refractivity contribution < 1.29 is 9.59 Å². The fourth-order valence-electron chi connectivity index (χ4n) is 2.97. The van der Waals surface area contributed by atoms with Gasteiger partial charge in [0.25, 0.3) is 5.91 Å². The normalized spacial score (nSPS) is 15.7. The summed E-state index contributed by atoms with van der Waals surface area (Å²) in [7, 11) is 0. The van der Waals surface area contributed by atoms with E-state index >= 15 is 0 Å². The third-order valence-electron chi connectivity index (χ3n) is 4.38. The molecule has 1 aromatic heterocycles. The van der Waals surface area contributed by atoms with Gasteiger partial charge in [0.05, 0.1) is 4.88 Å². The minimum atomic E-state index is 0.0238. The van der Waals surface area contributed by atoms with Gasteiger partial charge in [0.1, 0.15) is 0 Å². The molecule has 1 fully saturated rings. The number of amides is 2. The summed E-state index contributed by atoms with van der Waals surface area (Å²) in [5.41, 5.74) is 0.836. The lowest BCUT2D eigenvalue weighted by molar-refractivity contribution is -0.116. The average Bonchev–Trinajstić information content (AvgIpc) is 3.17. The summed E-state index contributed by atoms with van der Waals surface area (Å²) in [6.45, 7) is 2.58. The first kappa shape index (κ1) is 17.6. The Labute approximate surface area is 152 Å². The molecule has 132 valence electrons. The van der Waals surface area contributed by atoms with Crippen molar-refractivity contribution in [2.45, 2.75) is 25.3 Å². The van der Waals surface area contributed by atoms with Crippen LogP contribution in [-0.2, 0) is 4.79 Å². The number of hydrogen-bond donors (Lipinski definition) is 2. The van der Waals surface area contributed by atoms with Gasteiger partial charge in [-0.25, -0.2) is 0 Å². The Kier molecular flexibility index (Phi) is 6.19. The predicted octanol–water partition coefficient (Wildman–Crippen LogP) is 2.97. The first-order valence-corrected chi connectivity index (χ1v) is 9.50. The highest BCUT2D eigenvalue weighted by atomic mass is 32.1. The summed E-state index contributed by atoms with van der Waals surface area (Å²) in [5.74, 6) is 0.0648. The molecule has 6 heteroatoms. The number of benzene rings is 1. The van der Waals surface area contributed by atoms with Gasteiger partial charge in [-0.15, -0.1) is 11.3 Å². The number of anilines is 1. The first-order chi connectivity index (χ1) is 12.2. The molecule has 0 radical (unpaired) electrons. The van der Waals surface area contributed by atoms with Crippen LogP contribution in [0.5, 0.6) is 0 Å². The van der Waals surface area contributed by atoms with E-state index in [1.54, 1.807) is 0 Å². The number of hydrogen-bond acceptors (Lipinski definition) is 4. The molecule has 0 atom stereocenters. The number of piperidine rings is 1. The van der Waals surface area contributed by atoms with Gasteiger partial charge in [-0.05, 0) is 36.4 Å². The van der Waals surface area contributed by atoms with Crippen molar-refractivity contribution in [1.29, 1.82) is 0 Å². The molecule has 25 heavy (non-hydrogen) atoms. The van der Waals surface area contributed by atoms with Crippen LogP contribution in [0.4, 0.5) is 5.69 Å². The van der Waals surface area contributed by atoms with Gasteiger partial charge < -0.3 is 15.5 Å². The topological polar surface area (TPSA) is 61.4 Å². The fourth-order valence-corrected chi connectivity index (χ4v) is 3.60. The molecule has 2 N–H and O–H groups in total. The number of nitrogens with one attached hydrogen (secondary N) is 2. The van der Waals surface area contributed by atoms with Crippen LogP contribution in [0, 0.1) is 0 Å². The van der Waals surface area contributed by atoms with E-state index < -0.39 is 0 Å². The summed E-state index contributed by atoms with van der Waals surface area (Å²) >= 11 is 1.47. The minimum absolute atomic E-state index is 0.0238. The highest BCUT2D eigenvalue weighted by Gasteiger charge is 2.21. The Balaban J connectivity index is 1.35. The molecular weight excluding hydrogens is 334 g/mol. The predicted molar refractivity (Wildman–Crippen MR) is 101 cm³/mol. The molecule has 1 aliphatic rings. The molecule has 2 aromatic rings. The second kappa shape index (κ2) is 8.78. The summed E-state index contributed by atoms with van der Waals surface area (Å²) in [4.78, 5) is 27.1. The van der Waals surface area contributed by atoms with Crippen molar-refractivity contribution in [1.82, 2.24) is 10.2 Å². The second-order valence-corrected chi connectivity index (χ2v) is 7.18. The number of carbonyl (C=O) groups excluding carboxylic acids is 2. The Morgan fingerprint density at radius 1 is 1.08 bits per heavy atom. The van der Waals surface area contributed by atoms with E-state index in [1.165, 1.54) is 11.3 Å². The molecule has 1 aromatic carbocycles. The molecule has 2 heterocycles. The van der Waals surface area contributed by atoms with Crippen LogP contribution in [0.3, 0.4) is 0 Å². The lowest BCUT2D eigenvalue weighted by atomic mass is 10.0. The molecule has 3 rings (SSSR count). The largest absolute Gasteiger partial charge is 0.349 e. The van der Waals surface area contributed by atoms with Crippen molar-refractivity contribution in [2.24, 2.45) is 0 Å². The van der Waals surface area contributed by atoms with Crippen LogP contribution in [0.15, 0.2) is 47.8 Å². The first-order valence-electron chi connectivity index (χ1n) is 8.62. The van der Waals surface area contributed by atoms with Crippen molar-refractivity contribution in [3.8, 4) is 0 Å². The standard InChI is InChI=1S/C19H23N3O2S/c23-18(20-15-5-2-1-3-6-15)10-13-22-11-8-16(9-12-22)21-19(24)17-7-4-14-25-17/h1-7,14,16H,8-13H2,(H,20,23)(H,21,24). The van der Waals surface area contributed by atoms with Gasteiger partial charge >= 0.3 is 0 Å². The zero-order chi connectivity index (χ0) is 17.5. The molecule has 0 saturated carbocycles. The van der Waals surface area contributed by atoms with Gasteiger partial charge in [-0.3, -0.25) is 9.59 Å². The second-order valence-electron chi connectivity index (χ2n) is 6.23. The number of para-hydroxylation sites is 1. The quantitative estimate of drug-likeness (QED) is 0.835. The van der Waals surface area contributed by atoms with Gasteiger partial charge in [0.2, 0.25) is 5.91 Å². The molecule has 1 saturated heterocycles. The molecule has 0 bridgehead atoms. The summed E-state index contributed by atoms with van der Waals surface area (Å²) in [6, 6.07) is 13.5. The number of likely N-dealkylation sites (tertiary alicyclic amines) is 1. The molecule has 0 spiro atoms. The maximum Gasteiger partial charge on any atom is 0.261 e. The average molecular weight is 357 g/mol. The SMILES string of the molecule is O=C(CCN1CCC(NC(=O)c2cccs2)CC1)Nc1ccccc1. The molecular formula is C19H23N3O2S. The van der Waals surface area contributed by atoms with Gasteiger partial charge in [0.15, 0.2) is 0 Å². The highest BCUT2D eigenvalue weighted by molar-refractivity contribution is 7.12. The number of nitrogens with zero attached hydrogens (tertiary/aromatic N) is 1. The Hall–Kier alpha value is -2.18. The van der Waals surface area contributed by atoms with Crippen LogP contribution in [0.25, 0.3) is 0 Å². The van der Waals surface area contributed by atoms with Crippen LogP contribution in [0.1, 0.15) is 28.9 Å². The molecule has 0 aliphatic carbocycles. The smallest absolute Gasteiger partial charge is 0.261 e. The summed E-state index contributed by atoms with van der Waals surface area (Å²) in [5, 5.41) is 7.93. The van der Waals surface area contributed by atoms with Crippen LogP contribution < -0.4 is 10.6 Å². The number of carbonyl (C=O) groups is 2. The van der Waals surface area contributed by atoms with E-state index in [-0.39, 0.29) is 17.9 Å². The highest BCUT2D eigenvalue weighted by Crippen LogP contribution is 2.14. The van der Waals surface area contributed by atoms with E-state index in [9.17, 15) is 9.59 Å². The lowest BCUT2D eigenvalue weighted by Gasteiger charge is -2.32. The zero-order valence-corrected chi connectivity index (χ0v) is 14.9. The third-order valence-corrected chi connectivity index (χ3v) is 5.25. The van der Waals surface area contributed by atoms with Gasteiger partial charge in [-0.1, -0.05) is 24.3 Å². The number of rotatable bonds is 6. The Bertz CT molecular complexity index is 680. The molecule has 0 unspecified atom stereocenters. The Morgan fingerprint density at radius 2 is 1.84 bits per heavy atom. The molecule has 1 aliphatic heterocycles.